The third-order valence-electron chi connectivity index (χ3n) is 3.08. The first-order chi connectivity index (χ1) is 11.7. The molecule has 0 saturated carbocycles. The maximum Gasteiger partial charge on any atom is 0.310 e. The molecule has 2 aromatic carbocycles. The summed E-state index contributed by atoms with van der Waals surface area (Å²) >= 11 is 0. The van der Waals surface area contributed by atoms with Crippen molar-refractivity contribution >= 4 is 11.6 Å². The van der Waals surface area contributed by atoms with E-state index in [0.29, 0.717) is 19.6 Å². The minimum Gasteiger partial charge on any atom is -0.494 e. The standard InChI is InChI=1S/C17H18N2O5/c20-17(13-24-16-10-5-4-9-15(16)19(21)22)18-11-6-12-23-14-7-2-1-3-8-14/h1-5,7-10H,6,11-13H2,(H,18,20). The zero-order valence-corrected chi connectivity index (χ0v) is 13.0. The summed E-state index contributed by atoms with van der Waals surface area (Å²) in [6, 6.07) is 15.3. The van der Waals surface area contributed by atoms with E-state index in [1.54, 1.807) is 6.07 Å². The van der Waals surface area contributed by atoms with Crippen LogP contribution in [0.25, 0.3) is 0 Å². The summed E-state index contributed by atoms with van der Waals surface area (Å²) in [5.74, 6) is 0.515. The van der Waals surface area contributed by atoms with Crippen molar-refractivity contribution in [2.45, 2.75) is 6.42 Å². The lowest BCUT2D eigenvalue weighted by Gasteiger charge is -2.08. The quantitative estimate of drug-likeness (QED) is 0.433. The minimum absolute atomic E-state index is 0.0741. The summed E-state index contributed by atoms with van der Waals surface area (Å²) < 4.78 is 10.7. The average Bonchev–Trinajstić information content (AvgIpc) is 2.60. The summed E-state index contributed by atoms with van der Waals surface area (Å²) in [7, 11) is 0. The van der Waals surface area contributed by atoms with Crippen LogP contribution >= 0.6 is 0 Å². The maximum atomic E-state index is 11.7. The number of hydrogen-bond donors (Lipinski definition) is 1. The molecule has 24 heavy (non-hydrogen) atoms. The topological polar surface area (TPSA) is 90.7 Å². The van der Waals surface area contributed by atoms with E-state index < -0.39 is 4.92 Å². The molecule has 0 aliphatic carbocycles. The first-order valence-corrected chi connectivity index (χ1v) is 7.47. The number of ether oxygens (including phenoxy) is 2. The number of nitrogens with zero attached hydrogens (tertiary/aromatic N) is 1. The smallest absolute Gasteiger partial charge is 0.310 e. The highest BCUT2D eigenvalue weighted by Crippen LogP contribution is 2.25. The van der Waals surface area contributed by atoms with Gasteiger partial charge >= 0.3 is 5.69 Å². The van der Waals surface area contributed by atoms with Gasteiger partial charge in [-0.1, -0.05) is 30.3 Å². The summed E-state index contributed by atoms with van der Waals surface area (Å²) in [4.78, 5) is 22.0. The second kappa shape index (κ2) is 9.14. The van der Waals surface area contributed by atoms with E-state index >= 15 is 0 Å². The van der Waals surface area contributed by atoms with Crippen molar-refractivity contribution in [3.05, 3.63) is 64.7 Å². The second-order valence-electron chi connectivity index (χ2n) is 4.88. The number of amides is 1. The van der Waals surface area contributed by atoms with Gasteiger partial charge in [0.05, 0.1) is 11.5 Å². The summed E-state index contributed by atoms with van der Waals surface area (Å²) in [5, 5.41) is 13.5. The molecule has 0 saturated heterocycles. The lowest BCUT2D eigenvalue weighted by atomic mass is 10.3. The fourth-order valence-corrected chi connectivity index (χ4v) is 1.93. The molecule has 0 radical (unpaired) electrons. The van der Waals surface area contributed by atoms with Crippen LogP contribution in [0, 0.1) is 10.1 Å². The van der Waals surface area contributed by atoms with Crippen molar-refractivity contribution in [2.24, 2.45) is 0 Å². The van der Waals surface area contributed by atoms with Crippen LogP contribution in [0.4, 0.5) is 5.69 Å². The van der Waals surface area contributed by atoms with Crippen molar-refractivity contribution in [2.75, 3.05) is 19.8 Å². The molecular weight excluding hydrogens is 312 g/mol. The number of rotatable bonds is 9. The van der Waals surface area contributed by atoms with Gasteiger partial charge in [-0.05, 0) is 24.6 Å². The Bertz CT molecular complexity index is 676. The van der Waals surface area contributed by atoms with Gasteiger partial charge in [0, 0.05) is 12.6 Å². The zero-order chi connectivity index (χ0) is 17.2. The van der Waals surface area contributed by atoms with Gasteiger partial charge in [0.25, 0.3) is 5.91 Å². The van der Waals surface area contributed by atoms with E-state index in [2.05, 4.69) is 5.32 Å². The molecule has 1 N–H and O–H groups in total. The van der Waals surface area contributed by atoms with E-state index in [0.717, 1.165) is 5.75 Å². The highest BCUT2D eigenvalue weighted by Gasteiger charge is 2.14. The first-order valence-electron chi connectivity index (χ1n) is 7.47. The Morgan fingerprint density at radius 3 is 2.50 bits per heavy atom. The van der Waals surface area contributed by atoms with Crippen molar-refractivity contribution in [1.29, 1.82) is 0 Å². The maximum absolute atomic E-state index is 11.7. The van der Waals surface area contributed by atoms with Gasteiger partial charge in [-0.3, -0.25) is 14.9 Å². The van der Waals surface area contributed by atoms with Crippen molar-refractivity contribution in [3.63, 3.8) is 0 Å². The van der Waals surface area contributed by atoms with Gasteiger partial charge in [0.15, 0.2) is 12.4 Å². The second-order valence-corrected chi connectivity index (χ2v) is 4.88. The van der Waals surface area contributed by atoms with Gasteiger partial charge in [-0.25, -0.2) is 0 Å². The van der Waals surface area contributed by atoms with Crippen LogP contribution in [0.3, 0.4) is 0 Å². The summed E-state index contributed by atoms with van der Waals surface area (Å²) in [6.07, 6.45) is 0.645. The molecule has 0 unspecified atom stereocenters. The number of hydrogen-bond acceptors (Lipinski definition) is 5. The largest absolute Gasteiger partial charge is 0.494 e. The van der Waals surface area contributed by atoms with Crippen LogP contribution in [0.1, 0.15) is 6.42 Å². The number of nitro benzene ring substituents is 1. The molecule has 0 fully saturated rings. The third-order valence-corrected chi connectivity index (χ3v) is 3.08. The van der Waals surface area contributed by atoms with Gasteiger partial charge in [0.1, 0.15) is 5.75 Å². The van der Waals surface area contributed by atoms with Gasteiger partial charge in [-0.2, -0.15) is 0 Å². The molecule has 0 bridgehead atoms. The van der Waals surface area contributed by atoms with Gasteiger partial charge in [-0.15, -0.1) is 0 Å². The van der Waals surface area contributed by atoms with Crippen LogP contribution in [0.15, 0.2) is 54.6 Å². The number of carbonyl (C=O) groups excluding carboxylic acids is 1. The number of para-hydroxylation sites is 3. The fraction of sp³-hybridized carbons (Fsp3) is 0.235. The van der Waals surface area contributed by atoms with Crippen LogP contribution < -0.4 is 14.8 Å². The third kappa shape index (κ3) is 5.60. The summed E-state index contributed by atoms with van der Waals surface area (Å²) in [6.45, 7) is 0.644. The van der Waals surface area contributed by atoms with Crippen LogP contribution in [-0.2, 0) is 4.79 Å². The molecule has 2 aromatic rings. The van der Waals surface area contributed by atoms with E-state index in [1.165, 1.54) is 18.2 Å². The van der Waals surface area contributed by atoms with Crippen molar-refractivity contribution in [3.8, 4) is 11.5 Å². The Kier molecular flexibility index (Phi) is 6.58. The molecule has 1 amide bonds. The lowest BCUT2D eigenvalue weighted by Crippen LogP contribution is -2.30. The predicted octanol–water partition coefficient (Wildman–Crippen LogP) is 2.56. The van der Waals surface area contributed by atoms with Gasteiger partial charge in [0.2, 0.25) is 0 Å². The van der Waals surface area contributed by atoms with E-state index in [4.69, 9.17) is 9.47 Å². The molecule has 7 nitrogen and oxygen atoms in total. The minimum atomic E-state index is -0.547. The SMILES string of the molecule is O=C(COc1ccccc1[N+](=O)[O-])NCCCOc1ccccc1. The molecule has 0 aromatic heterocycles. The molecular formula is C17H18N2O5. The number of benzene rings is 2. The summed E-state index contributed by atoms with van der Waals surface area (Å²) in [5.41, 5.74) is -0.165. The van der Waals surface area contributed by atoms with E-state index in [9.17, 15) is 14.9 Å². The molecule has 0 heterocycles. The number of nitrogens with one attached hydrogen (secondary N) is 1. The van der Waals surface area contributed by atoms with Crippen LogP contribution in [0.5, 0.6) is 11.5 Å². The normalized spacial score (nSPS) is 10.0. The fourth-order valence-electron chi connectivity index (χ4n) is 1.93. The van der Waals surface area contributed by atoms with Crippen LogP contribution in [0.2, 0.25) is 0 Å². The molecule has 2 rings (SSSR count). The van der Waals surface area contributed by atoms with E-state index in [1.807, 2.05) is 30.3 Å². The van der Waals surface area contributed by atoms with Crippen molar-refractivity contribution in [1.82, 2.24) is 5.32 Å². The van der Waals surface area contributed by atoms with E-state index in [-0.39, 0.29) is 24.0 Å². The Labute approximate surface area is 139 Å². The van der Waals surface area contributed by atoms with Crippen LogP contribution in [-0.4, -0.2) is 30.6 Å². The molecule has 7 heteroatoms. The monoisotopic (exact) mass is 330 g/mol. The highest BCUT2D eigenvalue weighted by atomic mass is 16.6. The average molecular weight is 330 g/mol. The highest BCUT2D eigenvalue weighted by molar-refractivity contribution is 5.77. The van der Waals surface area contributed by atoms with Gasteiger partial charge < -0.3 is 14.8 Å². The first kappa shape index (κ1) is 17.3. The Hall–Kier alpha value is -3.09. The Morgan fingerprint density at radius 1 is 1.04 bits per heavy atom. The number of carbonyl (C=O) groups is 1. The lowest BCUT2D eigenvalue weighted by molar-refractivity contribution is -0.385. The van der Waals surface area contributed by atoms with Crippen molar-refractivity contribution < 1.29 is 19.2 Å². The Balaban J connectivity index is 1.64. The Morgan fingerprint density at radius 2 is 1.75 bits per heavy atom. The molecule has 126 valence electrons. The molecule has 0 spiro atoms. The predicted molar refractivity (Wildman–Crippen MR) is 88.2 cm³/mol. The number of nitro groups is 1. The molecule has 0 atom stereocenters. The molecule has 0 aliphatic heterocycles. The zero-order valence-electron chi connectivity index (χ0n) is 13.0. The molecule has 0 aliphatic rings.